The Hall–Kier alpha value is -2.34. The van der Waals surface area contributed by atoms with Crippen LogP contribution in [0.25, 0.3) is 10.4 Å². The molecule has 0 bridgehead atoms. The molecular weight excluding hydrogens is 346 g/mol. The van der Waals surface area contributed by atoms with E-state index in [1.165, 1.54) is 13.1 Å². The van der Waals surface area contributed by atoms with Gasteiger partial charge in [-0.15, -0.1) is 0 Å². The molecule has 2 heterocycles. The summed E-state index contributed by atoms with van der Waals surface area (Å²) in [5, 5.41) is 12.5. The zero-order valence-corrected chi connectivity index (χ0v) is 13.6. The molecule has 12 nitrogen and oxygen atoms in total. The number of hydrogen-bond donors (Lipinski definition) is 2. The molecule has 1 unspecified atom stereocenters. The van der Waals surface area contributed by atoms with Crippen molar-refractivity contribution >= 4 is 9.84 Å². The summed E-state index contributed by atoms with van der Waals surface area (Å²) in [4.78, 5) is 30.4. The van der Waals surface area contributed by atoms with E-state index in [0.29, 0.717) is 0 Å². The van der Waals surface area contributed by atoms with Gasteiger partial charge in [-0.3, -0.25) is 14.3 Å². The van der Waals surface area contributed by atoms with Crippen molar-refractivity contribution in [2.45, 2.75) is 30.6 Å². The molecule has 13 heteroatoms. The zero-order valence-electron chi connectivity index (χ0n) is 12.7. The number of aliphatic hydroxyl groups excluding tert-OH is 1. The molecule has 0 aliphatic carbocycles. The topological polar surface area (TPSA) is 176 Å². The fraction of sp³-hybridized carbons (Fsp3) is 0.636. The van der Waals surface area contributed by atoms with Crippen LogP contribution in [0.3, 0.4) is 0 Å². The summed E-state index contributed by atoms with van der Waals surface area (Å²) < 4.78 is 30.6. The number of hydrogen-bond acceptors (Lipinski definition) is 8. The van der Waals surface area contributed by atoms with Crippen molar-refractivity contribution in [1.82, 2.24) is 9.55 Å². The number of rotatable bonds is 5. The maximum atomic E-state index is 12.1. The van der Waals surface area contributed by atoms with E-state index >= 15 is 0 Å². The van der Waals surface area contributed by atoms with Crippen molar-refractivity contribution in [3.05, 3.63) is 43.0 Å². The van der Waals surface area contributed by atoms with Crippen LogP contribution < -0.4 is 11.2 Å². The standard InChI is InChI=1S/C11H15N5O7S/c1-6-4-16(10(19)13-9(6)18)8-3-7(23-15-14-12)11(5-17,22-8)24(2,20)21/h4,7-8,17H,3,5H2,1-2H3,(H,13,18,19)/t7?,8-,11+/m1/s1. The minimum Gasteiger partial charge on any atom is -0.426 e. The Morgan fingerprint density at radius 1 is 1.62 bits per heavy atom. The number of aliphatic hydroxyl groups is 1. The van der Waals surface area contributed by atoms with Gasteiger partial charge in [-0.2, -0.15) is 0 Å². The third-order valence-corrected chi connectivity index (χ3v) is 5.50. The normalized spacial score (nSPS) is 26.8. The van der Waals surface area contributed by atoms with Crippen molar-refractivity contribution in [3.8, 4) is 0 Å². The van der Waals surface area contributed by atoms with Gasteiger partial charge in [0.2, 0.25) is 4.93 Å². The molecule has 3 atom stereocenters. The number of nitrogens with one attached hydrogen (secondary N) is 1. The van der Waals surface area contributed by atoms with E-state index in [4.69, 9.17) is 15.1 Å². The number of sulfone groups is 1. The predicted octanol–water partition coefficient (Wildman–Crippen LogP) is -0.892. The minimum absolute atomic E-state index is 0.201. The second-order valence-electron chi connectivity index (χ2n) is 5.29. The lowest BCUT2D eigenvalue weighted by molar-refractivity contribution is -0.0904. The van der Waals surface area contributed by atoms with Gasteiger partial charge in [0.15, 0.2) is 15.9 Å². The maximum absolute atomic E-state index is 12.1. The molecule has 1 fully saturated rings. The summed E-state index contributed by atoms with van der Waals surface area (Å²) in [5.74, 6) is 0. The molecule has 1 aromatic rings. The summed E-state index contributed by atoms with van der Waals surface area (Å²) in [6, 6.07) is 0. The van der Waals surface area contributed by atoms with Gasteiger partial charge < -0.3 is 14.7 Å². The quantitative estimate of drug-likeness (QED) is 0.295. The fourth-order valence-corrected chi connectivity index (χ4v) is 3.61. The molecule has 0 amide bonds. The van der Waals surface area contributed by atoms with E-state index < -0.39 is 45.0 Å². The van der Waals surface area contributed by atoms with Gasteiger partial charge in [0.25, 0.3) is 5.56 Å². The Morgan fingerprint density at radius 3 is 2.83 bits per heavy atom. The van der Waals surface area contributed by atoms with E-state index in [0.717, 1.165) is 10.8 Å². The van der Waals surface area contributed by atoms with E-state index in [1.807, 2.05) is 0 Å². The molecule has 1 aliphatic heterocycles. The molecule has 2 rings (SSSR count). The monoisotopic (exact) mass is 361 g/mol. The number of ether oxygens (including phenoxy) is 1. The number of azide groups is 1. The fourth-order valence-electron chi connectivity index (χ4n) is 2.47. The Balaban J connectivity index is 2.54. The first-order valence-corrected chi connectivity index (χ1v) is 8.56. The highest BCUT2D eigenvalue weighted by molar-refractivity contribution is 7.92. The van der Waals surface area contributed by atoms with Crippen LogP contribution in [0.1, 0.15) is 18.2 Å². The molecule has 0 radical (unpaired) electrons. The van der Waals surface area contributed by atoms with Gasteiger partial charge in [0.1, 0.15) is 11.5 Å². The lowest BCUT2D eigenvalue weighted by Gasteiger charge is -2.29. The average molecular weight is 361 g/mol. The van der Waals surface area contributed by atoms with E-state index in [1.54, 1.807) is 0 Å². The van der Waals surface area contributed by atoms with Gasteiger partial charge >= 0.3 is 5.69 Å². The van der Waals surface area contributed by atoms with Crippen LogP contribution >= 0.6 is 0 Å². The maximum Gasteiger partial charge on any atom is 0.330 e. The minimum atomic E-state index is -4.03. The highest BCUT2D eigenvalue weighted by Crippen LogP contribution is 2.41. The van der Waals surface area contributed by atoms with Gasteiger partial charge in [-0.25, -0.2) is 13.2 Å². The summed E-state index contributed by atoms with van der Waals surface area (Å²) in [6.45, 7) is 0.471. The molecule has 2 N–H and O–H groups in total. The number of H-pyrrole nitrogens is 1. The van der Waals surface area contributed by atoms with Crippen LogP contribution in [-0.4, -0.2) is 47.0 Å². The Bertz CT molecular complexity index is 900. The summed E-state index contributed by atoms with van der Waals surface area (Å²) in [5.41, 5.74) is 7.14. The van der Waals surface area contributed by atoms with Crippen LogP contribution in [0.4, 0.5) is 0 Å². The largest absolute Gasteiger partial charge is 0.426 e. The van der Waals surface area contributed by atoms with Crippen molar-refractivity contribution in [1.29, 1.82) is 0 Å². The van der Waals surface area contributed by atoms with Crippen molar-refractivity contribution in [2.24, 2.45) is 5.28 Å². The summed E-state index contributed by atoms with van der Waals surface area (Å²) in [7, 11) is -4.03. The molecule has 0 spiro atoms. The van der Waals surface area contributed by atoms with Crippen LogP contribution in [-0.2, 0) is 19.4 Å². The molecule has 24 heavy (non-hydrogen) atoms. The third kappa shape index (κ3) is 2.89. The number of aromatic amines is 1. The highest BCUT2D eigenvalue weighted by Gasteiger charge is 2.58. The molecule has 0 saturated carbocycles. The average Bonchev–Trinajstić information content (AvgIpc) is 2.88. The van der Waals surface area contributed by atoms with E-state index in [-0.39, 0.29) is 12.0 Å². The molecule has 1 aliphatic rings. The molecular formula is C11H15N5O7S. The lowest BCUT2D eigenvalue weighted by Crippen LogP contribution is -2.50. The van der Waals surface area contributed by atoms with Crippen molar-refractivity contribution in [3.63, 3.8) is 0 Å². The van der Waals surface area contributed by atoms with Gasteiger partial charge in [-0.05, 0) is 12.5 Å². The molecule has 1 aromatic heterocycles. The van der Waals surface area contributed by atoms with Crippen molar-refractivity contribution < 1.29 is 23.1 Å². The Kier molecular flexibility index (Phi) is 4.71. The third-order valence-electron chi connectivity index (χ3n) is 3.76. The van der Waals surface area contributed by atoms with Gasteiger partial charge in [-0.1, -0.05) is 0 Å². The molecule has 132 valence electrons. The molecule has 0 aromatic carbocycles. The molecule has 1 saturated heterocycles. The summed E-state index contributed by atoms with van der Waals surface area (Å²) in [6.07, 6.45) is -0.699. The van der Waals surface area contributed by atoms with Gasteiger partial charge in [0.05, 0.1) is 6.61 Å². The second-order valence-corrected chi connectivity index (χ2v) is 7.53. The number of aromatic nitrogens is 2. The SMILES string of the molecule is Cc1cn([C@H]2CC(ON=[N+]=[N-])[C@](CO)(S(C)(=O)=O)O2)c(=O)[nH]c1=O. The zero-order chi connectivity index (χ0) is 18.1. The van der Waals surface area contributed by atoms with Gasteiger partial charge in [0, 0.05) is 29.3 Å². The number of nitrogens with zero attached hydrogens (tertiary/aromatic N) is 4. The first-order valence-electron chi connectivity index (χ1n) is 6.67. The van der Waals surface area contributed by atoms with E-state index in [9.17, 15) is 23.1 Å². The van der Waals surface area contributed by atoms with Crippen LogP contribution in [0.15, 0.2) is 21.1 Å². The summed E-state index contributed by atoms with van der Waals surface area (Å²) >= 11 is 0. The van der Waals surface area contributed by atoms with E-state index in [2.05, 4.69) is 15.2 Å². The second kappa shape index (κ2) is 6.28. The van der Waals surface area contributed by atoms with Crippen LogP contribution in [0.5, 0.6) is 0 Å². The first-order chi connectivity index (χ1) is 11.2. The smallest absolute Gasteiger partial charge is 0.330 e. The predicted molar refractivity (Wildman–Crippen MR) is 79.5 cm³/mol. The van der Waals surface area contributed by atoms with Crippen LogP contribution in [0, 0.1) is 6.92 Å². The highest BCUT2D eigenvalue weighted by atomic mass is 32.2. The lowest BCUT2D eigenvalue weighted by atomic mass is 10.2. The number of aryl methyl sites for hydroxylation is 1. The Labute approximate surface area is 135 Å². The van der Waals surface area contributed by atoms with Crippen molar-refractivity contribution in [2.75, 3.05) is 12.9 Å². The Morgan fingerprint density at radius 2 is 2.29 bits per heavy atom. The van der Waals surface area contributed by atoms with Crippen LogP contribution in [0.2, 0.25) is 0 Å². The first kappa shape index (κ1) is 18.0.